The van der Waals surface area contributed by atoms with Crippen LogP contribution in [0.2, 0.25) is 0 Å². The zero-order valence-corrected chi connectivity index (χ0v) is 20.0. The van der Waals surface area contributed by atoms with Gasteiger partial charge in [-0.05, 0) is 44.7 Å². The smallest absolute Gasteiger partial charge is 0.378 e. The molecule has 36 heavy (non-hydrogen) atoms. The molecule has 206 valence electrons. The van der Waals surface area contributed by atoms with Crippen LogP contribution in [0.25, 0.3) is 5.65 Å². The Morgan fingerprint density at radius 3 is 2.25 bits per heavy atom. The molecule has 0 atom stereocenters. The number of carbonyl (C=O) groups excluding carboxylic acids is 1. The van der Waals surface area contributed by atoms with Crippen molar-refractivity contribution < 1.29 is 40.6 Å². The molecule has 2 amide bonds. The van der Waals surface area contributed by atoms with Crippen molar-refractivity contribution >= 4 is 11.7 Å². The molecule has 0 spiro atoms. The molecule has 3 heterocycles. The maximum absolute atomic E-state index is 12.0. The van der Waals surface area contributed by atoms with Crippen molar-refractivity contribution in [3.05, 3.63) is 30.2 Å². The van der Waals surface area contributed by atoms with Crippen LogP contribution in [0.15, 0.2) is 24.7 Å². The first kappa shape index (κ1) is 31.4. The van der Waals surface area contributed by atoms with Crippen molar-refractivity contribution in [3.63, 3.8) is 0 Å². The number of imidazole rings is 1. The fraction of sp³-hybridized carbons (Fsp3) is 0.667. The number of halogens is 6. The highest BCUT2D eigenvalue weighted by atomic mass is 19.4. The molecule has 2 aliphatic rings. The number of ether oxygens (including phenoxy) is 2. The third-order valence-electron chi connectivity index (χ3n) is 4.54. The Kier molecular flexibility index (Phi) is 13.5. The number of nitrogens with two attached hydrogens (primary N) is 1. The summed E-state index contributed by atoms with van der Waals surface area (Å²) in [5, 5.41) is 9.39. The third kappa shape index (κ3) is 13.4. The lowest BCUT2D eigenvalue weighted by Gasteiger charge is -2.27. The second-order valence-electron chi connectivity index (χ2n) is 7.99. The van der Waals surface area contributed by atoms with Gasteiger partial charge < -0.3 is 25.8 Å². The summed E-state index contributed by atoms with van der Waals surface area (Å²) in [5.74, 6) is 0. The number of rotatable bonds is 7. The molecule has 15 heteroatoms. The number of carbonyl (C=O) groups is 1. The first-order valence-corrected chi connectivity index (χ1v) is 11.1. The van der Waals surface area contributed by atoms with E-state index in [1.807, 2.05) is 12.4 Å². The summed E-state index contributed by atoms with van der Waals surface area (Å²) in [6, 6.07) is 2.01. The van der Waals surface area contributed by atoms with E-state index in [0.29, 0.717) is 6.10 Å². The molecule has 1 saturated carbocycles. The van der Waals surface area contributed by atoms with Gasteiger partial charge in [-0.25, -0.2) is 14.3 Å². The van der Waals surface area contributed by atoms with Gasteiger partial charge in [0.25, 0.3) is 0 Å². The van der Waals surface area contributed by atoms with E-state index in [1.165, 1.54) is 18.4 Å². The summed E-state index contributed by atoms with van der Waals surface area (Å²) >= 11 is 0. The fourth-order valence-electron chi connectivity index (χ4n) is 2.37. The van der Waals surface area contributed by atoms with E-state index in [2.05, 4.69) is 31.5 Å². The molecule has 2 fully saturated rings. The molecule has 0 radical (unpaired) electrons. The van der Waals surface area contributed by atoms with Crippen molar-refractivity contribution in [2.75, 3.05) is 32.8 Å². The van der Waals surface area contributed by atoms with Crippen molar-refractivity contribution in [2.45, 2.75) is 57.7 Å². The average molecular weight is 531 g/mol. The summed E-state index contributed by atoms with van der Waals surface area (Å²) in [5.41, 5.74) is 4.99. The van der Waals surface area contributed by atoms with E-state index in [-0.39, 0.29) is 19.2 Å². The SMILES string of the molecule is CC(C)(OCCN)C(F)(F)F.FC(F)F.O=C1NCCN1.c1cn2ncc(CCOC3CC3)cc2n1. The van der Waals surface area contributed by atoms with E-state index in [1.54, 1.807) is 10.7 Å². The van der Waals surface area contributed by atoms with Gasteiger partial charge in [-0.1, -0.05) is 0 Å². The van der Waals surface area contributed by atoms with Crippen LogP contribution in [0.5, 0.6) is 0 Å². The molecule has 0 unspecified atom stereocenters. The molecular formula is C21H32F6N6O3. The van der Waals surface area contributed by atoms with E-state index < -0.39 is 18.5 Å². The number of aromatic nitrogens is 3. The monoisotopic (exact) mass is 530 g/mol. The van der Waals surface area contributed by atoms with E-state index in [4.69, 9.17) is 10.5 Å². The van der Waals surface area contributed by atoms with Gasteiger partial charge in [-0.2, -0.15) is 31.4 Å². The summed E-state index contributed by atoms with van der Waals surface area (Å²) in [6.45, 7) is 0.651. The molecule has 1 aliphatic carbocycles. The van der Waals surface area contributed by atoms with E-state index in [0.717, 1.165) is 45.6 Å². The molecule has 9 nitrogen and oxygen atoms in total. The topological polar surface area (TPSA) is 116 Å². The van der Waals surface area contributed by atoms with Crippen LogP contribution in [-0.2, 0) is 15.9 Å². The molecule has 1 aliphatic heterocycles. The summed E-state index contributed by atoms with van der Waals surface area (Å²) < 4.78 is 76.8. The number of alkyl halides is 6. The van der Waals surface area contributed by atoms with Gasteiger partial charge in [0.1, 0.15) is 0 Å². The number of fused-ring (bicyclic) bond motifs is 1. The fourth-order valence-corrected chi connectivity index (χ4v) is 2.37. The first-order valence-electron chi connectivity index (χ1n) is 11.1. The Labute approximate surface area is 204 Å². The van der Waals surface area contributed by atoms with Crippen LogP contribution in [0.1, 0.15) is 32.3 Å². The second kappa shape index (κ2) is 15.5. The normalized spacial score (nSPS) is 15.1. The lowest BCUT2D eigenvalue weighted by molar-refractivity contribution is -0.262. The van der Waals surface area contributed by atoms with Gasteiger partial charge >= 0.3 is 18.9 Å². The zero-order valence-electron chi connectivity index (χ0n) is 20.0. The molecule has 2 aromatic rings. The number of nitrogens with one attached hydrogen (secondary N) is 2. The molecule has 0 aromatic carbocycles. The number of hydrogen-bond acceptors (Lipinski definition) is 6. The minimum atomic E-state index is -4.33. The molecule has 1 saturated heterocycles. The van der Waals surface area contributed by atoms with Gasteiger partial charge in [-0.15, -0.1) is 0 Å². The van der Waals surface area contributed by atoms with Crippen LogP contribution in [-0.4, -0.2) is 78.0 Å². The van der Waals surface area contributed by atoms with Crippen LogP contribution in [0, 0.1) is 0 Å². The Bertz CT molecular complexity index is 882. The highest BCUT2D eigenvalue weighted by Crippen LogP contribution is 2.32. The maximum Gasteiger partial charge on any atom is 0.416 e. The van der Waals surface area contributed by atoms with E-state index >= 15 is 0 Å². The lowest BCUT2D eigenvalue weighted by atomic mass is 10.1. The number of nitrogens with zero attached hydrogens (tertiary/aromatic N) is 3. The molecule has 2 aromatic heterocycles. The van der Waals surface area contributed by atoms with Crippen molar-refractivity contribution in [3.8, 4) is 0 Å². The first-order chi connectivity index (χ1) is 16.9. The summed E-state index contributed by atoms with van der Waals surface area (Å²) in [4.78, 5) is 14.2. The number of amides is 2. The van der Waals surface area contributed by atoms with Crippen molar-refractivity contribution in [2.24, 2.45) is 5.73 Å². The van der Waals surface area contributed by atoms with Crippen LogP contribution in [0.3, 0.4) is 0 Å². The molecule has 0 bridgehead atoms. The molecule has 4 rings (SSSR count). The Morgan fingerprint density at radius 1 is 1.17 bits per heavy atom. The van der Waals surface area contributed by atoms with E-state index in [9.17, 15) is 31.1 Å². The van der Waals surface area contributed by atoms with Gasteiger partial charge in [-0.3, -0.25) is 0 Å². The minimum absolute atomic E-state index is 0.0463. The van der Waals surface area contributed by atoms with Gasteiger partial charge in [0, 0.05) is 32.0 Å². The minimum Gasteiger partial charge on any atom is -0.378 e. The second-order valence-corrected chi connectivity index (χ2v) is 7.99. The highest BCUT2D eigenvalue weighted by Gasteiger charge is 2.48. The number of urea groups is 1. The van der Waals surface area contributed by atoms with Crippen molar-refractivity contribution in [1.82, 2.24) is 25.2 Å². The predicted octanol–water partition coefficient (Wildman–Crippen LogP) is 3.23. The van der Waals surface area contributed by atoms with Gasteiger partial charge in [0.15, 0.2) is 11.2 Å². The summed E-state index contributed by atoms with van der Waals surface area (Å²) in [6.07, 6.45) is 5.08. The Morgan fingerprint density at radius 2 is 1.78 bits per heavy atom. The highest BCUT2D eigenvalue weighted by molar-refractivity contribution is 5.75. The zero-order chi connectivity index (χ0) is 27.2. The van der Waals surface area contributed by atoms with Crippen LogP contribution in [0.4, 0.5) is 31.1 Å². The van der Waals surface area contributed by atoms with Crippen molar-refractivity contribution in [1.29, 1.82) is 0 Å². The van der Waals surface area contributed by atoms with Gasteiger partial charge in [0.05, 0.1) is 25.5 Å². The quantitative estimate of drug-likeness (QED) is 0.474. The maximum atomic E-state index is 12.0. The standard InChI is InChI=1S/C11H13N3O.C6H12F3NO.C3H6N2O.CHF3/c1-2-10(1)15-6-3-9-7-11-12-4-5-14(11)13-8-9;1-5(2,6(7,8)9)11-4-3-10;6-3-4-1-2-5-3;2-1(3)4/h4-5,7-8,10H,1-3,6H2;3-4,10H2,1-2H3;1-2H2,(H2,4,5,6);1H. The largest absolute Gasteiger partial charge is 0.416 e. The third-order valence-corrected chi connectivity index (χ3v) is 4.54. The summed E-state index contributed by atoms with van der Waals surface area (Å²) in [7, 11) is 0. The van der Waals surface area contributed by atoms with Gasteiger partial charge in [0.2, 0.25) is 0 Å². The number of hydrogen-bond donors (Lipinski definition) is 3. The lowest BCUT2D eigenvalue weighted by Crippen LogP contribution is -2.42. The average Bonchev–Trinajstić information content (AvgIpc) is 3.27. The van der Waals surface area contributed by atoms with Crippen LogP contribution < -0.4 is 16.4 Å². The molecule has 4 N–H and O–H groups in total. The Hall–Kier alpha value is -2.65. The Balaban J connectivity index is 0.000000271. The van der Waals surface area contributed by atoms with Crippen LogP contribution >= 0.6 is 0 Å². The predicted molar refractivity (Wildman–Crippen MR) is 119 cm³/mol. The molecular weight excluding hydrogens is 498 g/mol.